The predicted octanol–water partition coefficient (Wildman–Crippen LogP) is 7.94. The van der Waals surface area contributed by atoms with E-state index in [2.05, 4.69) is 130 Å². The molecule has 0 bridgehead atoms. The average Bonchev–Trinajstić information content (AvgIpc) is 2.84. The smallest absolute Gasteiger partial charge is 0.00702 e. The van der Waals surface area contributed by atoms with Crippen molar-refractivity contribution in [1.82, 2.24) is 0 Å². The number of rotatable bonds is 6. The number of hydrogen-bond donors (Lipinski definition) is 0. The van der Waals surface area contributed by atoms with Gasteiger partial charge in [0.15, 0.2) is 0 Å². The first-order valence-corrected chi connectivity index (χ1v) is 10.9. The van der Waals surface area contributed by atoms with Crippen LogP contribution in [0.4, 0.5) is 0 Å². The summed E-state index contributed by atoms with van der Waals surface area (Å²) in [7, 11) is 0. The van der Waals surface area contributed by atoms with E-state index >= 15 is 0 Å². The molecule has 0 aliphatic heterocycles. The van der Waals surface area contributed by atoms with Gasteiger partial charge in [-0.1, -0.05) is 124 Å². The summed E-state index contributed by atoms with van der Waals surface area (Å²) in [5.41, 5.74) is 8.15. The highest BCUT2D eigenvalue weighted by Gasteiger charge is 2.24. The fourth-order valence-electron chi connectivity index (χ4n) is 4.50. The Balaban J connectivity index is 1.88. The largest absolute Gasteiger partial charge is 0.0622 e. The van der Waals surface area contributed by atoms with Gasteiger partial charge in [0.05, 0.1) is 0 Å². The highest BCUT2D eigenvalue weighted by Crippen LogP contribution is 2.40. The summed E-state index contributed by atoms with van der Waals surface area (Å²) in [6, 6.07) is 40.5. The lowest BCUT2D eigenvalue weighted by atomic mass is 9.77. The molecule has 3 unspecified atom stereocenters. The van der Waals surface area contributed by atoms with E-state index in [1.54, 1.807) is 0 Å². The first-order valence-electron chi connectivity index (χ1n) is 10.9. The van der Waals surface area contributed by atoms with E-state index in [9.17, 15) is 0 Å². The minimum atomic E-state index is 0.287. The predicted molar refractivity (Wildman–Crippen MR) is 127 cm³/mol. The van der Waals surface area contributed by atoms with Crippen LogP contribution in [0.15, 0.2) is 103 Å². The molecule has 0 heterocycles. The van der Waals surface area contributed by atoms with Gasteiger partial charge in [-0.25, -0.2) is 0 Å². The highest BCUT2D eigenvalue weighted by atomic mass is 14.3. The van der Waals surface area contributed by atoms with Crippen LogP contribution in [0.2, 0.25) is 0 Å². The topological polar surface area (TPSA) is 0 Å². The summed E-state index contributed by atoms with van der Waals surface area (Å²) in [5.74, 6) is 0.907. The van der Waals surface area contributed by atoms with Crippen LogP contribution in [0.5, 0.6) is 0 Å². The second-order valence-corrected chi connectivity index (χ2v) is 8.16. The molecular weight excluding hydrogens is 360 g/mol. The fraction of sp³-hybridized carbons (Fsp3) is 0.200. The summed E-state index contributed by atoms with van der Waals surface area (Å²) < 4.78 is 0. The SMILES string of the molecule is CC(c1ccccc1)c1[c]ccc(C(C)c2ccccc2)c1C(C)c1ccccc1. The molecule has 0 aromatic heterocycles. The summed E-state index contributed by atoms with van der Waals surface area (Å²) in [6.07, 6.45) is 0. The third-order valence-electron chi connectivity index (χ3n) is 6.33. The van der Waals surface area contributed by atoms with Crippen LogP contribution in [-0.2, 0) is 0 Å². The van der Waals surface area contributed by atoms with Gasteiger partial charge in [-0.2, -0.15) is 0 Å². The molecule has 4 rings (SSSR count). The lowest BCUT2D eigenvalue weighted by molar-refractivity contribution is 0.798. The molecule has 0 amide bonds. The Morgan fingerprint density at radius 3 is 1.43 bits per heavy atom. The summed E-state index contributed by atoms with van der Waals surface area (Å²) in [6.45, 7) is 6.96. The van der Waals surface area contributed by atoms with Gasteiger partial charge in [-0.15, -0.1) is 0 Å². The van der Waals surface area contributed by atoms with Crippen LogP contribution in [-0.4, -0.2) is 0 Å². The Morgan fingerprint density at radius 2 is 0.933 bits per heavy atom. The lowest BCUT2D eigenvalue weighted by Gasteiger charge is -2.27. The second kappa shape index (κ2) is 9.13. The summed E-state index contributed by atoms with van der Waals surface area (Å²) in [5, 5.41) is 0. The maximum absolute atomic E-state index is 3.63. The van der Waals surface area contributed by atoms with Gasteiger partial charge in [0.25, 0.3) is 0 Å². The number of hydrogen-bond acceptors (Lipinski definition) is 0. The van der Waals surface area contributed by atoms with Crippen molar-refractivity contribution in [2.24, 2.45) is 0 Å². The molecule has 30 heavy (non-hydrogen) atoms. The van der Waals surface area contributed by atoms with E-state index in [1.807, 2.05) is 0 Å². The van der Waals surface area contributed by atoms with E-state index in [4.69, 9.17) is 0 Å². The minimum absolute atomic E-state index is 0.287. The Labute approximate surface area is 181 Å². The molecule has 0 nitrogen and oxygen atoms in total. The average molecular weight is 390 g/mol. The van der Waals surface area contributed by atoms with E-state index in [1.165, 1.54) is 33.4 Å². The molecule has 0 heteroatoms. The Bertz CT molecular complexity index is 1000. The molecule has 4 aromatic rings. The third kappa shape index (κ3) is 4.09. The van der Waals surface area contributed by atoms with Crippen LogP contribution in [0, 0.1) is 6.07 Å². The van der Waals surface area contributed by atoms with Gasteiger partial charge in [-0.3, -0.25) is 0 Å². The van der Waals surface area contributed by atoms with Crippen molar-refractivity contribution in [1.29, 1.82) is 0 Å². The number of benzene rings is 4. The molecule has 149 valence electrons. The first kappa shape index (κ1) is 20.2. The Hall–Kier alpha value is -3.12. The molecule has 3 atom stereocenters. The molecule has 0 saturated heterocycles. The van der Waals surface area contributed by atoms with Crippen molar-refractivity contribution in [3.05, 3.63) is 143 Å². The molecule has 0 fully saturated rings. The van der Waals surface area contributed by atoms with Crippen molar-refractivity contribution in [2.75, 3.05) is 0 Å². The lowest BCUT2D eigenvalue weighted by Crippen LogP contribution is -2.11. The molecule has 0 spiro atoms. The van der Waals surface area contributed by atoms with Crippen molar-refractivity contribution in [2.45, 2.75) is 38.5 Å². The first-order chi connectivity index (χ1) is 14.7. The molecule has 0 N–H and O–H groups in total. The maximum Gasteiger partial charge on any atom is 0.00702 e. The van der Waals surface area contributed by atoms with Gasteiger partial charge in [0.1, 0.15) is 0 Å². The molecule has 0 aliphatic rings. The zero-order valence-electron chi connectivity index (χ0n) is 18.0. The van der Waals surface area contributed by atoms with Gasteiger partial charge in [0.2, 0.25) is 0 Å². The second-order valence-electron chi connectivity index (χ2n) is 8.16. The maximum atomic E-state index is 3.63. The third-order valence-corrected chi connectivity index (χ3v) is 6.33. The molecule has 0 saturated carbocycles. The van der Waals surface area contributed by atoms with E-state index in [-0.39, 0.29) is 5.92 Å². The fourth-order valence-corrected chi connectivity index (χ4v) is 4.50. The molecule has 4 aromatic carbocycles. The van der Waals surface area contributed by atoms with Crippen LogP contribution < -0.4 is 0 Å². The van der Waals surface area contributed by atoms with Crippen molar-refractivity contribution >= 4 is 0 Å². The minimum Gasteiger partial charge on any atom is -0.0622 e. The Kier molecular flexibility index (Phi) is 6.14. The van der Waals surface area contributed by atoms with Crippen LogP contribution in [0.25, 0.3) is 0 Å². The van der Waals surface area contributed by atoms with Gasteiger partial charge < -0.3 is 0 Å². The van der Waals surface area contributed by atoms with Crippen LogP contribution in [0.1, 0.15) is 71.9 Å². The van der Waals surface area contributed by atoms with Crippen LogP contribution in [0.3, 0.4) is 0 Å². The normalized spacial score (nSPS) is 14.1. The standard InChI is InChI=1S/C30H29/c1-22(25-14-7-4-8-15-25)28-20-13-21-29(23(2)26-16-9-5-10-17-26)30(28)24(3)27-18-11-6-12-19-27/h4-20,22-24H,1-3H3. The highest BCUT2D eigenvalue weighted by molar-refractivity contribution is 5.50. The zero-order chi connectivity index (χ0) is 20.9. The Morgan fingerprint density at radius 1 is 0.500 bits per heavy atom. The van der Waals surface area contributed by atoms with Gasteiger partial charge in [-0.05, 0) is 39.4 Å². The van der Waals surface area contributed by atoms with E-state index in [0.717, 1.165) is 0 Å². The van der Waals surface area contributed by atoms with Gasteiger partial charge >= 0.3 is 0 Å². The van der Waals surface area contributed by atoms with Crippen molar-refractivity contribution in [3.63, 3.8) is 0 Å². The molecular formula is C30H29. The van der Waals surface area contributed by atoms with Crippen molar-refractivity contribution < 1.29 is 0 Å². The summed E-state index contributed by atoms with van der Waals surface area (Å²) >= 11 is 0. The molecule has 0 aliphatic carbocycles. The molecule has 1 radical (unpaired) electrons. The van der Waals surface area contributed by atoms with Crippen molar-refractivity contribution in [3.8, 4) is 0 Å². The zero-order valence-corrected chi connectivity index (χ0v) is 18.0. The monoisotopic (exact) mass is 389 g/mol. The van der Waals surface area contributed by atoms with Gasteiger partial charge in [0, 0.05) is 17.8 Å². The van der Waals surface area contributed by atoms with E-state index in [0.29, 0.717) is 11.8 Å². The quantitative estimate of drug-likeness (QED) is 0.314. The van der Waals surface area contributed by atoms with E-state index < -0.39 is 0 Å². The summed E-state index contributed by atoms with van der Waals surface area (Å²) in [4.78, 5) is 0. The van der Waals surface area contributed by atoms with Crippen LogP contribution >= 0.6 is 0 Å².